The topological polar surface area (TPSA) is 105 Å². The number of carbonyl (C=O) groups is 1. The zero-order chi connectivity index (χ0) is 57.0. The lowest BCUT2D eigenvalue weighted by Gasteiger charge is -2.25. The Hall–Kier alpha value is -1.54. The number of rotatable bonds is 63. The zero-order valence-electron chi connectivity index (χ0n) is 52.7. The van der Waals surface area contributed by atoms with E-state index in [1.165, 1.54) is 270 Å². The van der Waals surface area contributed by atoms with E-state index in [0.717, 1.165) is 44.9 Å². The van der Waals surface area contributed by atoms with E-state index in [1.807, 2.05) is 27.2 Å². The molecule has 3 atom stereocenters. The largest absolute Gasteiger partial charge is 0.472 e. The highest BCUT2D eigenvalue weighted by atomic mass is 31.2. The molecular formula is C69H134N2O6P+. The van der Waals surface area contributed by atoms with Gasteiger partial charge in [0.15, 0.2) is 0 Å². The molecule has 0 bridgehead atoms. The first-order valence-electron chi connectivity index (χ1n) is 34.0. The van der Waals surface area contributed by atoms with E-state index in [2.05, 4.69) is 55.6 Å². The molecule has 0 aliphatic rings. The Morgan fingerprint density at radius 3 is 1.03 bits per heavy atom. The minimum absolute atomic E-state index is 0.0544. The first kappa shape index (κ1) is 76.5. The molecular weight excluding hydrogens is 984 g/mol. The monoisotopic (exact) mass is 1120 g/mol. The predicted molar refractivity (Wildman–Crippen MR) is 341 cm³/mol. The lowest BCUT2D eigenvalue weighted by atomic mass is 10.0. The van der Waals surface area contributed by atoms with Gasteiger partial charge in [0.25, 0.3) is 0 Å². The number of quaternary nitrogens is 1. The van der Waals surface area contributed by atoms with Crippen LogP contribution in [0.15, 0.2) is 48.6 Å². The van der Waals surface area contributed by atoms with Gasteiger partial charge in [0.2, 0.25) is 5.91 Å². The van der Waals surface area contributed by atoms with Crippen LogP contribution in [0.25, 0.3) is 0 Å². The van der Waals surface area contributed by atoms with Crippen LogP contribution in [-0.4, -0.2) is 73.4 Å². The SMILES string of the molecule is CCCCCCC/C=C/CC/C=C/CC/C=C/C(O)C(COP(=O)(O)OCC[N+](C)(C)C)NC(=O)CCCCCCCCCCCCCCCCCCCCCCCCCCCCCCC/C=C\CCCCCCCCCC. The van der Waals surface area contributed by atoms with Crippen LogP contribution in [0.4, 0.5) is 0 Å². The molecule has 0 aromatic heterocycles. The van der Waals surface area contributed by atoms with Gasteiger partial charge < -0.3 is 19.8 Å². The molecule has 0 aliphatic heterocycles. The van der Waals surface area contributed by atoms with Gasteiger partial charge >= 0.3 is 7.82 Å². The maximum atomic E-state index is 13.0. The number of allylic oxidation sites excluding steroid dienone is 7. The van der Waals surface area contributed by atoms with Crippen molar-refractivity contribution in [1.82, 2.24) is 5.32 Å². The predicted octanol–water partition coefficient (Wildman–Crippen LogP) is 21.4. The molecule has 9 heteroatoms. The van der Waals surface area contributed by atoms with Crippen LogP contribution in [0, 0.1) is 0 Å². The van der Waals surface area contributed by atoms with Gasteiger partial charge in [-0.1, -0.05) is 306 Å². The standard InChI is InChI=1S/C69H133N2O6P/c1-6-8-10-12-14-16-18-20-22-23-24-25-26-27-28-29-30-31-32-33-34-35-36-37-38-39-40-41-42-43-44-45-46-47-49-51-53-55-57-59-61-63-69(73)70-67(66-77-78(74,75)76-65-64-71(3,4)5)68(72)62-60-58-56-54-52-50-48-21-19-17-15-13-11-9-7-2/h19,21,23-24,52,54,60,62,67-68,72H,6-18,20,22,25-51,53,55-59,61,63-66H2,1-5H3,(H-,70,73,74,75)/p+1/b21-19+,24-23-,54-52+,62-60+. The number of hydrogen-bond donors (Lipinski definition) is 3. The molecule has 0 rings (SSSR count). The van der Waals surface area contributed by atoms with E-state index in [4.69, 9.17) is 9.05 Å². The number of likely N-dealkylation sites (N-methyl/N-ethyl adjacent to an activating group) is 1. The van der Waals surface area contributed by atoms with E-state index in [1.54, 1.807) is 6.08 Å². The number of aliphatic hydroxyl groups excluding tert-OH is 1. The van der Waals surface area contributed by atoms with Crippen LogP contribution in [-0.2, 0) is 18.4 Å². The van der Waals surface area contributed by atoms with Crippen LogP contribution in [0.2, 0.25) is 0 Å². The second kappa shape index (κ2) is 60.1. The first-order valence-corrected chi connectivity index (χ1v) is 35.5. The molecule has 0 heterocycles. The Morgan fingerprint density at radius 2 is 0.705 bits per heavy atom. The minimum atomic E-state index is -4.36. The highest BCUT2D eigenvalue weighted by molar-refractivity contribution is 7.47. The third-order valence-corrected chi connectivity index (χ3v) is 16.5. The van der Waals surface area contributed by atoms with Crippen molar-refractivity contribution in [2.45, 2.75) is 347 Å². The highest BCUT2D eigenvalue weighted by Gasteiger charge is 2.28. The molecule has 0 spiro atoms. The van der Waals surface area contributed by atoms with Crippen molar-refractivity contribution >= 4 is 13.7 Å². The van der Waals surface area contributed by atoms with Gasteiger partial charge in [0.05, 0.1) is 39.9 Å². The van der Waals surface area contributed by atoms with Gasteiger partial charge in [-0.15, -0.1) is 0 Å². The van der Waals surface area contributed by atoms with E-state index >= 15 is 0 Å². The molecule has 3 N–H and O–H groups in total. The second-order valence-corrected chi connectivity index (χ2v) is 26.0. The summed E-state index contributed by atoms with van der Waals surface area (Å²) >= 11 is 0. The number of amides is 1. The average molecular weight is 1120 g/mol. The third kappa shape index (κ3) is 62.1. The molecule has 0 radical (unpaired) electrons. The number of aliphatic hydroxyl groups is 1. The Labute approximate surface area is 486 Å². The summed E-state index contributed by atoms with van der Waals surface area (Å²) in [4.78, 5) is 23.3. The fourth-order valence-corrected chi connectivity index (χ4v) is 10.9. The summed E-state index contributed by atoms with van der Waals surface area (Å²) in [5.41, 5.74) is 0. The van der Waals surface area contributed by atoms with Crippen LogP contribution in [0.1, 0.15) is 335 Å². The summed E-state index contributed by atoms with van der Waals surface area (Å²) in [5, 5.41) is 13.9. The molecule has 1 amide bonds. The first-order chi connectivity index (χ1) is 38.0. The van der Waals surface area contributed by atoms with Crippen molar-refractivity contribution < 1.29 is 32.9 Å². The molecule has 78 heavy (non-hydrogen) atoms. The van der Waals surface area contributed by atoms with Gasteiger partial charge in [-0.2, -0.15) is 0 Å². The Bertz CT molecular complexity index is 1410. The summed E-state index contributed by atoms with van der Waals surface area (Å²) < 4.78 is 23.7. The van der Waals surface area contributed by atoms with Crippen molar-refractivity contribution in [2.24, 2.45) is 0 Å². The van der Waals surface area contributed by atoms with Gasteiger partial charge in [-0.25, -0.2) is 4.57 Å². The average Bonchev–Trinajstić information content (AvgIpc) is 3.41. The quantitative estimate of drug-likeness (QED) is 0.0243. The number of phosphoric ester groups is 1. The van der Waals surface area contributed by atoms with Crippen LogP contribution >= 0.6 is 7.82 Å². The molecule has 0 aliphatic carbocycles. The molecule has 460 valence electrons. The normalized spacial score (nSPS) is 14.0. The second-order valence-electron chi connectivity index (χ2n) is 24.5. The number of nitrogens with zero attached hydrogens (tertiary/aromatic N) is 1. The van der Waals surface area contributed by atoms with Gasteiger partial charge in [-0.05, 0) is 70.6 Å². The van der Waals surface area contributed by atoms with E-state index in [9.17, 15) is 19.4 Å². The molecule has 0 aromatic rings. The summed E-state index contributed by atoms with van der Waals surface area (Å²) in [6.45, 7) is 4.80. The fourth-order valence-electron chi connectivity index (χ4n) is 10.2. The molecule has 0 fully saturated rings. The van der Waals surface area contributed by atoms with Crippen molar-refractivity contribution in [2.75, 3.05) is 40.9 Å². The molecule has 8 nitrogen and oxygen atoms in total. The number of hydrogen-bond acceptors (Lipinski definition) is 5. The van der Waals surface area contributed by atoms with Crippen LogP contribution in [0.5, 0.6) is 0 Å². The van der Waals surface area contributed by atoms with Crippen molar-refractivity contribution in [3.05, 3.63) is 48.6 Å². The summed E-state index contributed by atoms with van der Waals surface area (Å²) in [6.07, 6.45) is 81.4. The molecule has 0 saturated heterocycles. The zero-order valence-corrected chi connectivity index (χ0v) is 53.6. The number of carbonyl (C=O) groups excluding carboxylic acids is 1. The van der Waals surface area contributed by atoms with Crippen LogP contribution in [0.3, 0.4) is 0 Å². The maximum Gasteiger partial charge on any atom is 0.472 e. The van der Waals surface area contributed by atoms with E-state index in [-0.39, 0.29) is 19.1 Å². The van der Waals surface area contributed by atoms with Crippen molar-refractivity contribution in [3.8, 4) is 0 Å². The van der Waals surface area contributed by atoms with Gasteiger partial charge in [0.1, 0.15) is 13.2 Å². The lowest BCUT2D eigenvalue weighted by molar-refractivity contribution is -0.870. The Balaban J connectivity index is 3.87. The molecule has 3 unspecified atom stereocenters. The Morgan fingerprint density at radius 1 is 0.423 bits per heavy atom. The molecule has 0 saturated carbocycles. The smallest absolute Gasteiger partial charge is 0.387 e. The molecule has 0 aromatic carbocycles. The number of phosphoric acid groups is 1. The minimum Gasteiger partial charge on any atom is -0.387 e. The van der Waals surface area contributed by atoms with Crippen LogP contribution < -0.4 is 5.32 Å². The Kier molecular flexibility index (Phi) is 58.9. The lowest BCUT2D eigenvalue weighted by Crippen LogP contribution is -2.45. The summed E-state index contributed by atoms with van der Waals surface area (Å²) in [5.74, 6) is -0.186. The number of unbranched alkanes of at least 4 members (excludes halogenated alkanes) is 44. The van der Waals surface area contributed by atoms with E-state index in [0.29, 0.717) is 17.4 Å². The summed E-state index contributed by atoms with van der Waals surface area (Å²) in [7, 11) is 1.56. The highest BCUT2D eigenvalue weighted by Crippen LogP contribution is 2.43. The third-order valence-electron chi connectivity index (χ3n) is 15.5. The van der Waals surface area contributed by atoms with E-state index < -0.39 is 20.0 Å². The fraction of sp³-hybridized carbons (Fsp3) is 0.870. The van der Waals surface area contributed by atoms with Gasteiger partial charge in [-0.3, -0.25) is 13.8 Å². The van der Waals surface area contributed by atoms with Gasteiger partial charge in [0, 0.05) is 6.42 Å². The number of nitrogens with one attached hydrogen (secondary N) is 1. The maximum absolute atomic E-state index is 13.0. The van der Waals surface area contributed by atoms with Crippen molar-refractivity contribution in [1.29, 1.82) is 0 Å². The summed E-state index contributed by atoms with van der Waals surface area (Å²) in [6, 6.07) is -0.869. The van der Waals surface area contributed by atoms with Crippen molar-refractivity contribution in [3.63, 3.8) is 0 Å².